The van der Waals surface area contributed by atoms with Gasteiger partial charge in [-0.3, -0.25) is 4.79 Å². The zero-order valence-corrected chi connectivity index (χ0v) is 23.0. The Kier molecular flexibility index (Phi) is 7.99. The lowest BCUT2D eigenvalue weighted by molar-refractivity contribution is -0.136. The molecule has 3 fully saturated rings. The van der Waals surface area contributed by atoms with Crippen molar-refractivity contribution in [1.29, 1.82) is 0 Å². The number of hydrogen-bond acceptors (Lipinski definition) is 4. The number of nitrogens with zero attached hydrogens (tertiary/aromatic N) is 3. The van der Waals surface area contributed by atoms with E-state index in [4.69, 9.17) is 27.9 Å². The smallest absolute Gasteiger partial charge is 0.410 e. The Morgan fingerprint density at radius 3 is 2.32 bits per heavy atom. The third-order valence-corrected chi connectivity index (χ3v) is 8.87. The summed E-state index contributed by atoms with van der Waals surface area (Å²) in [5.74, 6) is 1.50. The first-order valence-corrected chi connectivity index (χ1v) is 14.0. The van der Waals surface area contributed by atoms with Crippen molar-refractivity contribution >= 4 is 35.2 Å². The van der Waals surface area contributed by atoms with Crippen LogP contribution >= 0.6 is 23.2 Å². The van der Waals surface area contributed by atoms with Gasteiger partial charge in [0, 0.05) is 38.5 Å². The molecule has 5 rings (SSSR count). The molecule has 2 heterocycles. The lowest BCUT2D eigenvalue weighted by Crippen LogP contribution is -2.45. The van der Waals surface area contributed by atoms with Gasteiger partial charge >= 0.3 is 6.09 Å². The van der Waals surface area contributed by atoms with Crippen LogP contribution in [0, 0.1) is 18.8 Å². The molecule has 6 nitrogen and oxygen atoms in total. The molecule has 2 saturated heterocycles. The second-order valence-corrected chi connectivity index (χ2v) is 11.7. The SMILES string of the molecule is Cc1ccc(OC(=O)N(C)C2CN(C(=O)C3CCN(CC4CC4)CC3)CC2c2ccc(Cl)c(Cl)c2)cc1. The Morgan fingerprint density at radius 2 is 1.68 bits per heavy atom. The lowest BCUT2D eigenvalue weighted by atomic mass is 9.93. The minimum atomic E-state index is -0.443. The molecule has 2 aromatic rings. The molecule has 2 aromatic carbocycles. The minimum Gasteiger partial charge on any atom is -0.410 e. The Balaban J connectivity index is 1.30. The number of likely N-dealkylation sites (N-methyl/N-ethyl adjacent to an activating group) is 1. The molecule has 0 aromatic heterocycles. The molecule has 2 atom stereocenters. The summed E-state index contributed by atoms with van der Waals surface area (Å²) in [4.78, 5) is 32.8. The molecule has 2 unspecified atom stereocenters. The van der Waals surface area contributed by atoms with Crippen LogP contribution in [-0.2, 0) is 4.79 Å². The molecule has 37 heavy (non-hydrogen) atoms. The summed E-state index contributed by atoms with van der Waals surface area (Å²) < 4.78 is 5.66. The summed E-state index contributed by atoms with van der Waals surface area (Å²) in [6.07, 6.45) is 4.06. The van der Waals surface area contributed by atoms with E-state index in [0.29, 0.717) is 28.9 Å². The molecule has 1 aliphatic carbocycles. The standard InChI is InChI=1S/C29H35Cl2N3O3/c1-19-3-8-23(9-4-19)37-29(36)32(2)27-18-34(17-24(27)22-7-10-25(30)26(31)15-22)28(35)21-11-13-33(14-12-21)16-20-5-6-20/h3-4,7-10,15,20-21,24,27H,5-6,11-14,16-18H2,1-2H3. The number of likely N-dealkylation sites (tertiary alicyclic amines) is 2. The number of hydrogen-bond donors (Lipinski definition) is 0. The van der Waals surface area contributed by atoms with Crippen molar-refractivity contribution in [1.82, 2.24) is 14.7 Å². The van der Waals surface area contributed by atoms with Crippen LogP contribution < -0.4 is 4.74 Å². The van der Waals surface area contributed by atoms with E-state index in [1.807, 2.05) is 36.1 Å². The van der Waals surface area contributed by atoms with Gasteiger partial charge in [-0.2, -0.15) is 0 Å². The monoisotopic (exact) mass is 543 g/mol. The van der Waals surface area contributed by atoms with E-state index in [2.05, 4.69) is 4.90 Å². The molecule has 3 aliphatic rings. The van der Waals surface area contributed by atoms with E-state index in [-0.39, 0.29) is 23.8 Å². The van der Waals surface area contributed by atoms with E-state index in [0.717, 1.165) is 43.0 Å². The number of ether oxygens (including phenoxy) is 1. The molecule has 0 spiro atoms. The van der Waals surface area contributed by atoms with Gasteiger partial charge in [-0.25, -0.2) is 4.79 Å². The highest BCUT2D eigenvalue weighted by Crippen LogP contribution is 2.36. The van der Waals surface area contributed by atoms with Crippen molar-refractivity contribution in [3.8, 4) is 5.75 Å². The highest BCUT2D eigenvalue weighted by Gasteiger charge is 2.42. The molecule has 198 valence electrons. The Morgan fingerprint density at radius 1 is 0.973 bits per heavy atom. The normalized spacial score (nSPS) is 22.8. The van der Waals surface area contributed by atoms with Gasteiger partial charge in [0.25, 0.3) is 0 Å². The second-order valence-electron chi connectivity index (χ2n) is 10.9. The fourth-order valence-corrected chi connectivity index (χ4v) is 5.94. The summed E-state index contributed by atoms with van der Waals surface area (Å²) in [5, 5.41) is 0.952. The van der Waals surface area contributed by atoms with Crippen LogP contribution in [0.3, 0.4) is 0 Å². The summed E-state index contributed by atoms with van der Waals surface area (Å²) in [6.45, 7) is 6.14. The second kappa shape index (κ2) is 11.2. The van der Waals surface area contributed by atoms with Gasteiger partial charge in [0.15, 0.2) is 0 Å². The quantitative estimate of drug-likeness (QED) is 0.458. The molecule has 8 heteroatoms. The van der Waals surface area contributed by atoms with Gasteiger partial charge in [0.05, 0.1) is 16.1 Å². The van der Waals surface area contributed by atoms with Crippen molar-refractivity contribution in [2.45, 2.75) is 44.6 Å². The van der Waals surface area contributed by atoms with Gasteiger partial charge in [0.1, 0.15) is 5.75 Å². The minimum absolute atomic E-state index is 0.0356. The number of halogens is 2. The van der Waals surface area contributed by atoms with Gasteiger partial charge < -0.3 is 19.4 Å². The number of piperidine rings is 1. The predicted octanol–water partition coefficient (Wildman–Crippen LogP) is 5.85. The van der Waals surface area contributed by atoms with Gasteiger partial charge in [-0.1, -0.05) is 47.0 Å². The van der Waals surface area contributed by atoms with E-state index in [1.165, 1.54) is 19.4 Å². The maximum Gasteiger partial charge on any atom is 0.415 e. The molecule has 1 saturated carbocycles. The largest absolute Gasteiger partial charge is 0.415 e. The number of rotatable bonds is 6. The molecule has 0 radical (unpaired) electrons. The maximum absolute atomic E-state index is 13.6. The average Bonchev–Trinajstić information content (AvgIpc) is 3.60. The van der Waals surface area contributed by atoms with Crippen molar-refractivity contribution < 1.29 is 14.3 Å². The van der Waals surface area contributed by atoms with Crippen LogP contribution in [0.2, 0.25) is 10.0 Å². The molecular formula is C29H35Cl2N3O3. The van der Waals surface area contributed by atoms with Crippen molar-refractivity contribution in [3.05, 3.63) is 63.6 Å². The number of carbonyl (C=O) groups excluding carboxylic acids is 2. The highest BCUT2D eigenvalue weighted by atomic mass is 35.5. The van der Waals surface area contributed by atoms with Gasteiger partial charge in [-0.15, -0.1) is 0 Å². The first kappa shape index (κ1) is 26.3. The summed E-state index contributed by atoms with van der Waals surface area (Å²) >= 11 is 12.5. The number of amides is 2. The Hall–Kier alpha value is -2.28. The first-order valence-electron chi connectivity index (χ1n) is 13.3. The van der Waals surface area contributed by atoms with Crippen LogP contribution in [0.1, 0.15) is 42.7 Å². The summed E-state index contributed by atoms with van der Waals surface area (Å²) in [7, 11) is 1.75. The molecule has 2 aliphatic heterocycles. The van der Waals surface area contributed by atoms with Gasteiger partial charge in [-0.05, 0) is 81.4 Å². The fourth-order valence-electron chi connectivity index (χ4n) is 5.63. The van der Waals surface area contributed by atoms with Crippen molar-refractivity contribution in [2.75, 3.05) is 39.8 Å². The first-order chi connectivity index (χ1) is 17.8. The molecule has 0 bridgehead atoms. The summed E-state index contributed by atoms with van der Waals surface area (Å²) in [5.41, 5.74) is 2.06. The number of aryl methyl sites for hydroxylation is 1. The van der Waals surface area contributed by atoms with E-state index in [1.54, 1.807) is 30.1 Å². The number of benzene rings is 2. The van der Waals surface area contributed by atoms with Crippen molar-refractivity contribution in [3.63, 3.8) is 0 Å². The highest BCUT2D eigenvalue weighted by molar-refractivity contribution is 6.42. The molecular weight excluding hydrogens is 509 g/mol. The fraction of sp³-hybridized carbons (Fsp3) is 0.517. The van der Waals surface area contributed by atoms with Gasteiger partial charge in [0.2, 0.25) is 5.91 Å². The average molecular weight is 545 g/mol. The zero-order chi connectivity index (χ0) is 26.1. The van der Waals surface area contributed by atoms with Crippen LogP contribution in [0.15, 0.2) is 42.5 Å². The predicted molar refractivity (Wildman–Crippen MR) is 146 cm³/mol. The van der Waals surface area contributed by atoms with E-state index >= 15 is 0 Å². The van der Waals surface area contributed by atoms with E-state index in [9.17, 15) is 9.59 Å². The van der Waals surface area contributed by atoms with Crippen LogP contribution in [0.25, 0.3) is 0 Å². The Bertz CT molecular complexity index is 1130. The van der Waals surface area contributed by atoms with E-state index < -0.39 is 6.09 Å². The summed E-state index contributed by atoms with van der Waals surface area (Å²) in [6, 6.07) is 12.7. The third kappa shape index (κ3) is 6.24. The molecule has 0 N–H and O–H groups in total. The zero-order valence-electron chi connectivity index (χ0n) is 21.5. The van der Waals surface area contributed by atoms with Crippen LogP contribution in [0.5, 0.6) is 5.75 Å². The lowest BCUT2D eigenvalue weighted by Gasteiger charge is -2.33. The number of carbonyl (C=O) groups is 2. The topological polar surface area (TPSA) is 53.1 Å². The third-order valence-electron chi connectivity index (χ3n) is 8.13. The van der Waals surface area contributed by atoms with Crippen LogP contribution in [0.4, 0.5) is 4.79 Å². The Labute approximate surface area is 229 Å². The molecule has 2 amide bonds. The maximum atomic E-state index is 13.6. The van der Waals surface area contributed by atoms with Crippen LogP contribution in [-0.4, -0.2) is 72.5 Å². The van der Waals surface area contributed by atoms with Crippen molar-refractivity contribution in [2.24, 2.45) is 11.8 Å².